The van der Waals surface area contributed by atoms with E-state index in [1.165, 1.54) is 0 Å². The number of rotatable bonds is 7. The Bertz CT molecular complexity index is 801. The molecular weight excluding hydrogens is 350 g/mol. The van der Waals surface area contributed by atoms with Gasteiger partial charge in [-0.2, -0.15) is 0 Å². The highest BCUT2D eigenvalue weighted by Gasteiger charge is 2.29. The molecule has 0 aliphatic carbocycles. The van der Waals surface area contributed by atoms with Gasteiger partial charge >= 0.3 is 0 Å². The summed E-state index contributed by atoms with van der Waals surface area (Å²) in [6, 6.07) is 0. The highest BCUT2D eigenvalue weighted by atomic mass is 32.2. The van der Waals surface area contributed by atoms with Gasteiger partial charge in [0.15, 0.2) is 0 Å². The molecule has 0 unspecified atom stereocenters. The molecular formula is C19H31N3O3S. The number of unbranched alkanes of at least 4 members (excludes halogenated alkanes) is 1. The van der Waals surface area contributed by atoms with E-state index in [1.807, 2.05) is 27.7 Å². The molecule has 0 bridgehead atoms. The Morgan fingerprint density at radius 1 is 1.19 bits per heavy atom. The highest BCUT2D eigenvalue weighted by molar-refractivity contribution is 7.92. The van der Waals surface area contributed by atoms with Gasteiger partial charge in [-0.3, -0.25) is 9.52 Å². The number of sulfonamides is 1. The van der Waals surface area contributed by atoms with Gasteiger partial charge in [0.1, 0.15) is 0 Å². The average molecular weight is 382 g/mol. The van der Waals surface area contributed by atoms with Crippen molar-refractivity contribution in [3.8, 4) is 0 Å². The molecule has 0 saturated carbocycles. The van der Waals surface area contributed by atoms with Crippen LogP contribution in [-0.2, 0) is 21.2 Å². The second-order valence-electron chi connectivity index (χ2n) is 7.44. The summed E-state index contributed by atoms with van der Waals surface area (Å²) in [7, 11) is -3.41. The van der Waals surface area contributed by atoms with Crippen LogP contribution >= 0.6 is 0 Å². The van der Waals surface area contributed by atoms with E-state index >= 15 is 0 Å². The van der Waals surface area contributed by atoms with Gasteiger partial charge in [0.2, 0.25) is 15.9 Å². The fourth-order valence-electron chi connectivity index (χ4n) is 3.41. The van der Waals surface area contributed by atoms with Gasteiger partial charge in [0.05, 0.1) is 23.3 Å². The molecule has 1 aromatic rings. The predicted octanol–water partition coefficient (Wildman–Crippen LogP) is 3.43. The third kappa shape index (κ3) is 4.31. The lowest BCUT2D eigenvalue weighted by atomic mass is 9.97. The number of nitrogens with zero attached hydrogens (tertiary/aromatic N) is 1. The maximum Gasteiger partial charge on any atom is 0.229 e. The zero-order chi connectivity index (χ0) is 19.6. The molecule has 26 heavy (non-hydrogen) atoms. The van der Waals surface area contributed by atoms with Crippen molar-refractivity contribution >= 4 is 33.0 Å². The van der Waals surface area contributed by atoms with E-state index in [0.29, 0.717) is 5.69 Å². The molecule has 146 valence electrons. The van der Waals surface area contributed by atoms with Gasteiger partial charge in [-0.05, 0) is 43.4 Å². The quantitative estimate of drug-likeness (QED) is 0.758. The number of hydrogen-bond acceptors (Lipinski definition) is 4. The Balaban J connectivity index is 2.63. The van der Waals surface area contributed by atoms with Crippen LogP contribution in [0.1, 0.15) is 50.3 Å². The third-order valence-electron chi connectivity index (χ3n) is 4.89. The minimum Gasteiger partial charge on any atom is -0.369 e. The summed E-state index contributed by atoms with van der Waals surface area (Å²) >= 11 is 0. The number of benzene rings is 1. The van der Waals surface area contributed by atoms with E-state index < -0.39 is 10.0 Å². The minimum atomic E-state index is -3.41. The Hall–Kier alpha value is -1.76. The lowest BCUT2D eigenvalue weighted by Crippen LogP contribution is -2.25. The molecule has 2 N–H and O–H groups in total. The Morgan fingerprint density at radius 3 is 2.38 bits per heavy atom. The summed E-state index contributed by atoms with van der Waals surface area (Å²) in [4.78, 5) is 14.7. The van der Waals surface area contributed by atoms with E-state index in [-0.39, 0.29) is 11.8 Å². The Kier molecular flexibility index (Phi) is 6.21. The molecule has 1 aromatic carbocycles. The summed E-state index contributed by atoms with van der Waals surface area (Å²) in [6.45, 7) is 11.5. The minimum absolute atomic E-state index is 0.0631. The second-order valence-corrected chi connectivity index (χ2v) is 9.18. The monoisotopic (exact) mass is 381 g/mol. The average Bonchev–Trinajstić information content (AvgIpc) is 2.96. The molecule has 1 amide bonds. The maximum absolute atomic E-state index is 12.4. The number of carbonyl (C=O) groups excluding carboxylic acids is 1. The van der Waals surface area contributed by atoms with Crippen LogP contribution in [0.5, 0.6) is 0 Å². The normalized spacial score (nSPS) is 13.9. The molecule has 0 spiro atoms. The van der Waals surface area contributed by atoms with Crippen LogP contribution in [0.25, 0.3) is 0 Å². The lowest BCUT2D eigenvalue weighted by Gasteiger charge is -2.26. The first-order valence-electron chi connectivity index (χ1n) is 9.26. The molecule has 2 rings (SSSR count). The van der Waals surface area contributed by atoms with Gasteiger partial charge < -0.3 is 10.2 Å². The van der Waals surface area contributed by atoms with Crippen LogP contribution < -0.4 is 14.9 Å². The van der Waals surface area contributed by atoms with Crippen molar-refractivity contribution in [1.29, 1.82) is 0 Å². The topological polar surface area (TPSA) is 78.5 Å². The van der Waals surface area contributed by atoms with Gasteiger partial charge in [-0.1, -0.05) is 27.2 Å². The van der Waals surface area contributed by atoms with Crippen LogP contribution in [0.4, 0.5) is 17.1 Å². The van der Waals surface area contributed by atoms with Crippen molar-refractivity contribution in [3.63, 3.8) is 0 Å². The first kappa shape index (κ1) is 20.6. The van der Waals surface area contributed by atoms with Crippen molar-refractivity contribution in [2.75, 3.05) is 34.3 Å². The zero-order valence-electron chi connectivity index (χ0n) is 16.7. The number of anilines is 3. The summed E-state index contributed by atoms with van der Waals surface area (Å²) in [6.07, 6.45) is 4.19. The maximum atomic E-state index is 12.4. The van der Waals surface area contributed by atoms with Crippen LogP contribution in [0.2, 0.25) is 0 Å². The van der Waals surface area contributed by atoms with Crippen molar-refractivity contribution in [2.24, 2.45) is 5.92 Å². The Morgan fingerprint density at radius 2 is 1.85 bits per heavy atom. The summed E-state index contributed by atoms with van der Waals surface area (Å²) < 4.78 is 26.3. The van der Waals surface area contributed by atoms with E-state index in [9.17, 15) is 13.2 Å². The number of amides is 1. The van der Waals surface area contributed by atoms with Gasteiger partial charge in [0, 0.05) is 19.0 Å². The molecule has 0 saturated heterocycles. The van der Waals surface area contributed by atoms with Gasteiger partial charge in [-0.15, -0.1) is 0 Å². The SMILES string of the molecule is CCCCN1CCc2c(C)c(NS(C)(=O)=O)c(C)c(NC(=O)C(C)C)c21. The number of hydrogen-bond donors (Lipinski definition) is 2. The van der Waals surface area contributed by atoms with Crippen molar-refractivity contribution in [2.45, 2.75) is 53.9 Å². The Labute approximate surface area is 157 Å². The molecule has 7 heteroatoms. The zero-order valence-corrected chi connectivity index (χ0v) is 17.5. The molecule has 0 atom stereocenters. The summed E-state index contributed by atoms with van der Waals surface area (Å²) in [5, 5.41) is 3.05. The first-order valence-corrected chi connectivity index (χ1v) is 11.2. The molecule has 0 fully saturated rings. The molecule has 0 radical (unpaired) electrons. The lowest BCUT2D eigenvalue weighted by molar-refractivity contribution is -0.118. The van der Waals surface area contributed by atoms with Crippen molar-refractivity contribution in [3.05, 3.63) is 16.7 Å². The second kappa shape index (κ2) is 7.86. The van der Waals surface area contributed by atoms with Crippen molar-refractivity contribution in [1.82, 2.24) is 0 Å². The molecule has 1 heterocycles. The van der Waals surface area contributed by atoms with Crippen LogP contribution in [0.15, 0.2) is 0 Å². The number of nitrogens with one attached hydrogen (secondary N) is 2. The number of carbonyl (C=O) groups is 1. The fraction of sp³-hybridized carbons (Fsp3) is 0.632. The van der Waals surface area contributed by atoms with E-state index in [1.54, 1.807) is 0 Å². The molecule has 1 aliphatic rings. The van der Waals surface area contributed by atoms with Crippen LogP contribution in [0.3, 0.4) is 0 Å². The standard InChI is InChI=1S/C19H31N3O3S/c1-7-8-10-22-11-9-15-13(4)16(21-26(6,24)25)14(5)17(18(15)22)20-19(23)12(2)3/h12,21H,7-11H2,1-6H3,(H,20,23). The first-order chi connectivity index (χ1) is 12.1. The fourth-order valence-corrected chi connectivity index (χ4v) is 4.09. The van der Waals surface area contributed by atoms with Gasteiger partial charge in [-0.25, -0.2) is 8.42 Å². The van der Waals surface area contributed by atoms with Crippen LogP contribution in [0, 0.1) is 19.8 Å². The largest absolute Gasteiger partial charge is 0.369 e. The van der Waals surface area contributed by atoms with E-state index in [4.69, 9.17) is 0 Å². The third-order valence-corrected chi connectivity index (χ3v) is 5.46. The van der Waals surface area contributed by atoms with Crippen LogP contribution in [-0.4, -0.2) is 33.7 Å². The van der Waals surface area contributed by atoms with Crippen molar-refractivity contribution < 1.29 is 13.2 Å². The summed E-state index contributed by atoms with van der Waals surface area (Å²) in [5.74, 6) is -0.213. The molecule has 6 nitrogen and oxygen atoms in total. The van der Waals surface area contributed by atoms with E-state index in [0.717, 1.165) is 66.7 Å². The highest BCUT2D eigenvalue weighted by Crippen LogP contribution is 2.45. The predicted molar refractivity (Wildman–Crippen MR) is 109 cm³/mol. The van der Waals surface area contributed by atoms with E-state index in [2.05, 4.69) is 21.9 Å². The smallest absolute Gasteiger partial charge is 0.229 e. The molecule has 0 aromatic heterocycles. The summed E-state index contributed by atoms with van der Waals surface area (Å²) in [5.41, 5.74) is 5.22. The van der Waals surface area contributed by atoms with Gasteiger partial charge in [0.25, 0.3) is 0 Å². The molecule has 1 aliphatic heterocycles. The number of fused-ring (bicyclic) bond motifs is 1.